The molecule has 4 nitrogen and oxygen atoms in total. The standard InChI is InChI=1S/C15H14F2N2O2/c1-10(21-12-4-2-11(16)3-5-12)8-19-15(20)13-6-7-18-9-14(13)17/h2-7,9-10H,8H2,1H3,(H,19,20)/t10-/m0/s1. The zero-order valence-corrected chi connectivity index (χ0v) is 11.3. The third kappa shape index (κ3) is 4.24. The number of rotatable bonds is 5. The number of halogens is 2. The van der Waals surface area contributed by atoms with Crippen LogP contribution in [0.25, 0.3) is 0 Å². The number of ether oxygens (including phenoxy) is 1. The van der Waals surface area contributed by atoms with Crippen LogP contribution in [0.1, 0.15) is 17.3 Å². The van der Waals surface area contributed by atoms with Crippen LogP contribution < -0.4 is 10.1 Å². The van der Waals surface area contributed by atoms with E-state index in [1.165, 1.54) is 36.5 Å². The molecule has 1 heterocycles. The van der Waals surface area contributed by atoms with E-state index in [1.807, 2.05) is 0 Å². The van der Waals surface area contributed by atoms with Crippen molar-refractivity contribution in [1.29, 1.82) is 0 Å². The first kappa shape index (κ1) is 14.9. The number of carbonyl (C=O) groups excluding carboxylic acids is 1. The number of amides is 1. The first-order valence-corrected chi connectivity index (χ1v) is 6.36. The Hall–Kier alpha value is -2.50. The summed E-state index contributed by atoms with van der Waals surface area (Å²) in [6.07, 6.45) is 1.98. The lowest BCUT2D eigenvalue weighted by molar-refractivity contribution is 0.0928. The van der Waals surface area contributed by atoms with E-state index in [-0.39, 0.29) is 24.0 Å². The molecule has 21 heavy (non-hydrogen) atoms. The van der Waals surface area contributed by atoms with Gasteiger partial charge in [0.15, 0.2) is 5.82 Å². The summed E-state index contributed by atoms with van der Waals surface area (Å²) in [5.74, 6) is -1.07. The summed E-state index contributed by atoms with van der Waals surface area (Å²) in [5.41, 5.74) is -0.0704. The molecule has 1 atom stereocenters. The minimum Gasteiger partial charge on any atom is -0.489 e. The molecule has 1 aromatic carbocycles. The van der Waals surface area contributed by atoms with E-state index in [9.17, 15) is 13.6 Å². The lowest BCUT2D eigenvalue weighted by atomic mass is 10.2. The first-order chi connectivity index (χ1) is 10.1. The fourth-order valence-electron chi connectivity index (χ4n) is 1.68. The first-order valence-electron chi connectivity index (χ1n) is 6.36. The molecule has 0 aliphatic rings. The second-order valence-electron chi connectivity index (χ2n) is 4.45. The summed E-state index contributed by atoms with van der Waals surface area (Å²) in [6.45, 7) is 1.94. The van der Waals surface area contributed by atoms with Crippen LogP contribution in [0.2, 0.25) is 0 Å². The molecule has 6 heteroatoms. The van der Waals surface area contributed by atoms with Crippen molar-refractivity contribution in [3.63, 3.8) is 0 Å². The van der Waals surface area contributed by atoms with E-state index in [0.29, 0.717) is 5.75 Å². The van der Waals surface area contributed by atoms with E-state index in [1.54, 1.807) is 6.92 Å². The largest absolute Gasteiger partial charge is 0.489 e. The zero-order valence-electron chi connectivity index (χ0n) is 11.3. The van der Waals surface area contributed by atoms with Crippen LogP contribution >= 0.6 is 0 Å². The van der Waals surface area contributed by atoms with Crippen LogP contribution in [0, 0.1) is 11.6 Å². The number of nitrogens with zero attached hydrogens (tertiary/aromatic N) is 1. The minimum absolute atomic E-state index is 0.0704. The van der Waals surface area contributed by atoms with E-state index in [2.05, 4.69) is 10.3 Å². The molecule has 0 spiro atoms. The highest BCUT2D eigenvalue weighted by molar-refractivity contribution is 5.94. The van der Waals surface area contributed by atoms with Crippen molar-refractivity contribution in [2.24, 2.45) is 0 Å². The molecule has 0 unspecified atom stereocenters. The van der Waals surface area contributed by atoms with E-state index in [0.717, 1.165) is 6.20 Å². The summed E-state index contributed by atoms with van der Waals surface area (Å²) in [7, 11) is 0. The number of pyridine rings is 1. The van der Waals surface area contributed by atoms with Gasteiger partial charge in [-0.3, -0.25) is 9.78 Å². The van der Waals surface area contributed by atoms with E-state index in [4.69, 9.17) is 4.74 Å². The van der Waals surface area contributed by atoms with Crippen LogP contribution in [-0.4, -0.2) is 23.5 Å². The smallest absolute Gasteiger partial charge is 0.254 e. The number of carbonyl (C=O) groups is 1. The summed E-state index contributed by atoms with van der Waals surface area (Å²) in [6, 6.07) is 6.86. The van der Waals surface area contributed by atoms with Crippen LogP contribution in [0.15, 0.2) is 42.7 Å². The highest BCUT2D eigenvalue weighted by Crippen LogP contribution is 2.12. The number of hydrogen-bond donors (Lipinski definition) is 1. The Balaban J connectivity index is 1.86. The van der Waals surface area contributed by atoms with Gasteiger partial charge in [0.25, 0.3) is 5.91 Å². The molecule has 0 saturated carbocycles. The summed E-state index contributed by atoms with van der Waals surface area (Å²) < 4.78 is 31.6. The predicted octanol–water partition coefficient (Wildman–Crippen LogP) is 2.56. The van der Waals surface area contributed by atoms with Gasteiger partial charge in [-0.25, -0.2) is 8.78 Å². The van der Waals surface area contributed by atoms with Gasteiger partial charge in [0.1, 0.15) is 17.7 Å². The highest BCUT2D eigenvalue weighted by atomic mass is 19.1. The minimum atomic E-state index is -0.679. The fourth-order valence-corrected chi connectivity index (χ4v) is 1.68. The van der Waals surface area contributed by atoms with Crippen LogP contribution in [0.4, 0.5) is 8.78 Å². The molecule has 1 N–H and O–H groups in total. The van der Waals surface area contributed by atoms with Gasteiger partial charge in [0.2, 0.25) is 0 Å². The maximum absolute atomic E-state index is 13.4. The Morgan fingerprint density at radius 3 is 2.67 bits per heavy atom. The number of nitrogens with one attached hydrogen (secondary N) is 1. The van der Waals surface area contributed by atoms with Crippen molar-refractivity contribution >= 4 is 5.91 Å². The monoisotopic (exact) mass is 292 g/mol. The zero-order chi connectivity index (χ0) is 15.2. The van der Waals surface area contributed by atoms with Gasteiger partial charge in [-0.15, -0.1) is 0 Å². The molecular formula is C15H14F2N2O2. The number of hydrogen-bond acceptors (Lipinski definition) is 3. The van der Waals surface area contributed by atoms with Crippen molar-refractivity contribution < 1.29 is 18.3 Å². The van der Waals surface area contributed by atoms with Gasteiger partial charge < -0.3 is 10.1 Å². The number of aromatic nitrogens is 1. The molecule has 0 aliphatic heterocycles. The van der Waals surface area contributed by atoms with E-state index < -0.39 is 11.7 Å². The molecule has 0 radical (unpaired) electrons. The van der Waals surface area contributed by atoms with Crippen molar-refractivity contribution in [3.05, 3.63) is 59.9 Å². The van der Waals surface area contributed by atoms with Gasteiger partial charge >= 0.3 is 0 Å². The third-order valence-corrected chi connectivity index (χ3v) is 2.72. The van der Waals surface area contributed by atoms with Crippen LogP contribution in [0.3, 0.4) is 0 Å². The van der Waals surface area contributed by atoms with Gasteiger partial charge in [-0.2, -0.15) is 0 Å². The lowest BCUT2D eigenvalue weighted by Crippen LogP contribution is -2.34. The Morgan fingerprint density at radius 1 is 1.29 bits per heavy atom. The fraction of sp³-hybridized carbons (Fsp3) is 0.200. The molecule has 1 aromatic heterocycles. The molecule has 1 amide bonds. The van der Waals surface area contributed by atoms with E-state index >= 15 is 0 Å². The summed E-state index contributed by atoms with van der Waals surface area (Å²) >= 11 is 0. The van der Waals surface area contributed by atoms with Crippen LogP contribution in [-0.2, 0) is 0 Å². The Labute approximate surface area is 120 Å². The quantitative estimate of drug-likeness (QED) is 0.921. The highest BCUT2D eigenvalue weighted by Gasteiger charge is 2.12. The Morgan fingerprint density at radius 2 is 2.00 bits per heavy atom. The summed E-state index contributed by atoms with van der Waals surface area (Å²) in [4.78, 5) is 15.4. The Bertz CT molecular complexity index is 617. The van der Waals surface area contributed by atoms with Gasteiger partial charge in [0, 0.05) is 6.20 Å². The van der Waals surface area contributed by atoms with Gasteiger partial charge in [-0.05, 0) is 37.3 Å². The maximum Gasteiger partial charge on any atom is 0.254 e. The SMILES string of the molecule is C[C@@H](CNC(=O)c1ccncc1F)Oc1ccc(F)cc1. The lowest BCUT2D eigenvalue weighted by Gasteiger charge is -2.15. The van der Waals surface area contributed by atoms with Crippen molar-refractivity contribution in [1.82, 2.24) is 10.3 Å². The average Bonchev–Trinajstić information content (AvgIpc) is 2.48. The van der Waals surface area contributed by atoms with Crippen molar-refractivity contribution in [2.75, 3.05) is 6.54 Å². The molecule has 110 valence electrons. The molecule has 0 bridgehead atoms. The second kappa shape index (κ2) is 6.78. The molecule has 0 aliphatic carbocycles. The normalized spacial score (nSPS) is 11.8. The van der Waals surface area contributed by atoms with Gasteiger partial charge in [-0.1, -0.05) is 0 Å². The second-order valence-corrected chi connectivity index (χ2v) is 4.45. The molecule has 2 rings (SSSR count). The Kier molecular flexibility index (Phi) is 4.81. The summed E-state index contributed by atoms with van der Waals surface area (Å²) in [5, 5.41) is 2.57. The van der Waals surface area contributed by atoms with Crippen LogP contribution in [0.5, 0.6) is 5.75 Å². The topological polar surface area (TPSA) is 51.2 Å². The predicted molar refractivity (Wildman–Crippen MR) is 73.0 cm³/mol. The van der Waals surface area contributed by atoms with Gasteiger partial charge in [0.05, 0.1) is 18.3 Å². The average molecular weight is 292 g/mol. The molecule has 0 fully saturated rings. The van der Waals surface area contributed by atoms with Crippen molar-refractivity contribution in [3.8, 4) is 5.75 Å². The molecule has 2 aromatic rings. The number of benzene rings is 1. The third-order valence-electron chi connectivity index (χ3n) is 2.72. The maximum atomic E-state index is 13.4. The molecular weight excluding hydrogens is 278 g/mol. The molecule has 0 saturated heterocycles. The van der Waals surface area contributed by atoms with Crippen molar-refractivity contribution in [2.45, 2.75) is 13.0 Å².